The number of phenolic OH excluding ortho intramolecular Hbond substituents is 1. The molecule has 2 N–H and O–H groups in total. The summed E-state index contributed by atoms with van der Waals surface area (Å²) in [4.78, 5) is 16.3. The van der Waals surface area contributed by atoms with Crippen LogP contribution in [-0.4, -0.2) is 56.0 Å². The molecule has 0 aliphatic carbocycles. The van der Waals surface area contributed by atoms with Gasteiger partial charge in [-0.15, -0.1) is 0 Å². The monoisotopic (exact) mass is 403 g/mol. The molecule has 2 atom stereocenters. The molecule has 0 bridgehead atoms. The zero-order valence-corrected chi connectivity index (χ0v) is 17.6. The molecule has 0 unspecified atom stereocenters. The average molecular weight is 403 g/mol. The van der Waals surface area contributed by atoms with Crippen molar-refractivity contribution in [3.63, 3.8) is 0 Å². The lowest BCUT2D eigenvalue weighted by molar-refractivity contribution is 0.474. The summed E-state index contributed by atoms with van der Waals surface area (Å²) in [5.74, 6) is 1.63. The minimum absolute atomic E-state index is 0.196. The molecule has 1 aliphatic rings. The number of rotatable bonds is 3. The molecule has 0 radical (unpaired) electrons. The number of anilines is 1. The van der Waals surface area contributed by atoms with Crippen LogP contribution in [0.3, 0.4) is 0 Å². The van der Waals surface area contributed by atoms with Gasteiger partial charge in [0.25, 0.3) is 0 Å². The van der Waals surface area contributed by atoms with Gasteiger partial charge in [0.2, 0.25) is 0 Å². The van der Waals surface area contributed by atoms with Crippen molar-refractivity contribution in [2.45, 2.75) is 19.9 Å². The Labute approximate surface area is 174 Å². The SMILES string of the molecule is CN[C@H]1CN(c2cnc3nc(-c4cc5cn(C)nc5c(C)c4O)ccc3n2)C[C@@H]1C. The molecule has 30 heavy (non-hydrogen) atoms. The minimum Gasteiger partial charge on any atom is -0.507 e. The fourth-order valence-electron chi connectivity index (χ4n) is 4.36. The summed E-state index contributed by atoms with van der Waals surface area (Å²) in [6.45, 7) is 5.99. The van der Waals surface area contributed by atoms with Crippen LogP contribution < -0.4 is 10.2 Å². The van der Waals surface area contributed by atoms with Gasteiger partial charge in [-0.05, 0) is 38.1 Å². The molecule has 0 saturated carbocycles. The topological polar surface area (TPSA) is 92.0 Å². The molecule has 1 aliphatic heterocycles. The molecule has 154 valence electrons. The number of likely N-dealkylation sites (N-methyl/N-ethyl adjacent to an activating group) is 1. The summed E-state index contributed by atoms with van der Waals surface area (Å²) in [5.41, 5.74) is 4.19. The second-order valence-electron chi connectivity index (χ2n) is 8.18. The quantitative estimate of drug-likeness (QED) is 0.543. The molecule has 3 aromatic heterocycles. The van der Waals surface area contributed by atoms with E-state index in [1.807, 2.05) is 45.4 Å². The molecule has 0 amide bonds. The Hall–Kier alpha value is -3.26. The zero-order valence-electron chi connectivity index (χ0n) is 17.6. The lowest BCUT2D eigenvalue weighted by Crippen LogP contribution is -2.32. The number of nitrogens with one attached hydrogen (secondary N) is 1. The smallest absolute Gasteiger partial charge is 0.178 e. The molecule has 0 spiro atoms. The number of pyridine rings is 1. The van der Waals surface area contributed by atoms with Gasteiger partial charge in [-0.25, -0.2) is 15.0 Å². The second-order valence-corrected chi connectivity index (χ2v) is 8.18. The summed E-state index contributed by atoms with van der Waals surface area (Å²) >= 11 is 0. The summed E-state index contributed by atoms with van der Waals surface area (Å²) in [6, 6.07) is 6.19. The third-order valence-electron chi connectivity index (χ3n) is 6.10. The van der Waals surface area contributed by atoms with Crippen molar-refractivity contribution in [1.29, 1.82) is 0 Å². The van der Waals surface area contributed by atoms with Crippen molar-refractivity contribution in [3.8, 4) is 17.0 Å². The molecule has 1 fully saturated rings. The predicted molar refractivity (Wildman–Crippen MR) is 118 cm³/mol. The maximum atomic E-state index is 10.8. The zero-order chi connectivity index (χ0) is 21.0. The summed E-state index contributed by atoms with van der Waals surface area (Å²) < 4.78 is 1.75. The van der Waals surface area contributed by atoms with Crippen LogP contribution in [-0.2, 0) is 7.05 Å². The van der Waals surface area contributed by atoms with Crippen molar-refractivity contribution in [2.24, 2.45) is 13.0 Å². The van der Waals surface area contributed by atoms with Crippen LogP contribution in [0.15, 0.2) is 30.6 Å². The molecule has 1 saturated heterocycles. The number of fused-ring (bicyclic) bond motifs is 2. The largest absolute Gasteiger partial charge is 0.507 e. The minimum atomic E-state index is 0.196. The molecule has 1 aromatic carbocycles. The van der Waals surface area contributed by atoms with Crippen LogP contribution in [0, 0.1) is 12.8 Å². The van der Waals surface area contributed by atoms with Gasteiger partial charge in [0.05, 0.1) is 17.4 Å². The summed E-state index contributed by atoms with van der Waals surface area (Å²) in [7, 11) is 3.87. The number of aromatic hydroxyl groups is 1. The van der Waals surface area contributed by atoms with Gasteiger partial charge in [-0.3, -0.25) is 4.68 Å². The van der Waals surface area contributed by atoms with Crippen LogP contribution >= 0.6 is 0 Å². The van der Waals surface area contributed by atoms with E-state index in [1.54, 1.807) is 10.9 Å². The maximum absolute atomic E-state index is 10.8. The fourth-order valence-corrected chi connectivity index (χ4v) is 4.36. The first-order valence-corrected chi connectivity index (χ1v) is 10.2. The van der Waals surface area contributed by atoms with Gasteiger partial charge < -0.3 is 15.3 Å². The van der Waals surface area contributed by atoms with Crippen molar-refractivity contribution < 1.29 is 5.11 Å². The van der Waals surface area contributed by atoms with Crippen LogP contribution in [0.5, 0.6) is 5.75 Å². The third-order valence-corrected chi connectivity index (χ3v) is 6.10. The number of hydrogen-bond acceptors (Lipinski definition) is 7. The van der Waals surface area contributed by atoms with E-state index in [2.05, 4.69) is 32.2 Å². The summed E-state index contributed by atoms with van der Waals surface area (Å²) in [6.07, 6.45) is 3.73. The number of hydrogen-bond donors (Lipinski definition) is 2. The van der Waals surface area contributed by atoms with E-state index in [0.717, 1.165) is 40.9 Å². The van der Waals surface area contributed by atoms with Crippen LogP contribution in [0.1, 0.15) is 12.5 Å². The fraction of sp³-hybridized carbons (Fsp3) is 0.364. The highest BCUT2D eigenvalue weighted by Crippen LogP contribution is 2.36. The molecule has 4 aromatic rings. The molecule has 4 heterocycles. The normalized spacial score (nSPS) is 19.3. The number of aryl methyl sites for hydroxylation is 2. The highest BCUT2D eigenvalue weighted by atomic mass is 16.3. The van der Waals surface area contributed by atoms with Crippen molar-refractivity contribution in [3.05, 3.63) is 36.2 Å². The van der Waals surface area contributed by atoms with E-state index in [1.165, 1.54) is 0 Å². The van der Waals surface area contributed by atoms with Crippen LogP contribution in [0.25, 0.3) is 33.3 Å². The van der Waals surface area contributed by atoms with Crippen molar-refractivity contribution in [1.82, 2.24) is 30.0 Å². The maximum Gasteiger partial charge on any atom is 0.178 e. The van der Waals surface area contributed by atoms with E-state index >= 15 is 0 Å². The van der Waals surface area contributed by atoms with E-state index in [-0.39, 0.29) is 5.75 Å². The van der Waals surface area contributed by atoms with Gasteiger partial charge in [-0.1, -0.05) is 6.92 Å². The Morgan fingerprint density at radius 2 is 2.03 bits per heavy atom. The van der Waals surface area contributed by atoms with E-state index in [9.17, 15) is 5.11 Å². The first kappa shape index (κ1) is 18.7. The molecular weight excluding hydrogens is 378 g/mol. The predicted octanol–water partition coefficient (Wildman–Crippen LogP) is 2.64. The van der Waals surface area contributed by atoms with Gasteiger partial charge in [0, 0.05) is 48.9 Å². The Morgan fingerprint density at radius 1 is 1.20 bits per heavy atom. The Balaban J connectivity index is 1.53. The van der Waals surface area contributed by atoms with E-state index in [0.29, 0.717) is 28.9 Å². The number of benzene rings is 1. The summed E-state index contributed by atoms with van der Waals surface area (Å²) in [5, 5.41) is 19.5. The molecule has 5 rings (SSSR count). The van der Waals surface area contributed by atoms with Gasteiger partial charge in [0.1, 0.15) is 17.1 Å². The highest BCUT2D eigenvalue weighted by Gasteiger charge is 2.29. The molecular formula is C22H25N7O. The third kappa shape index (κ3) is 2.95. The molecule has 8 heteroatoms. The van der Waals surface area contributed by atoms with Gasteiger partial charge in [0.15, 0.2) is 5.65 Å². The Morgan fingerprint density at radius 3 is 2.80 bits per heavy atom. The number of phenols is 1. The van der Waals surface area contributed by atoms with Gasteiger partial charge >= 0.3 is 0 Å². The number of nitrogens with zero attached hydrogens (tertiary/aromatic N) is 6. The Bertz CT molecular complexity index is 1270. The van der Waals surface area contributed by atoms with Crippen LogP contribution in [0.2, 0.25) is 0 Å². The Kier molecular flexibility index (Phi) is 4.32. The lowest BCUT2D eigenvalue weighted by Gasteiger charge is -2.17. The highest BCUT2D eigenvalue weighted by molar-refractivity contribution is 5.91. The first-order valence-electron chi connectivity index (χ1n) is 10.2. The van der Waals surface area contributed by atoms with Crippen molar-refractivity contribution >= 4 is 27.9 Å². The first-order chi connectivity index (χ1) is 14.4. The number of aromatic nitrogens is 5. The van der Waals surface area contributed by atoms with Gasteiger partial charge in [-0.2, -0.15) is 5.10 Å². The second kappa shape index (κ2) is 6.91. The van der Waals surface area contributed by atoms with Crippen LogP contribution in [0.4, 0.5) is 5.82 Å². The van der Waals surface area contributed by atoms with E-state index < -0.39 is 0 Å². The van der Waals surface area contributed by atoms with E-state index in [4.69, 9.17) is 4.98 Å². The standard InChI is InChI=1S/C22H25N7O/c1-12-9-29(11-18(12)23-3)19-8-24-22-17(25-19)6-5-16(26-22)15-7-14-10-28(4)27-20(14)13(2)21(15)30/h5-8,10,12,18,23,30H,9,11H2,1-4H3/t12-,18-/m0/s1. The van der Waals surface area contributed by atoms with Crippen molar-refractivity contribution in [2.75, 3.05) is 25.0 Å². The average Bonchev–Trinajstić information content (AvgIpc) is 3.31. The lowest BCUT2D eigenvalue weighted by atomic mass is 10.0. The molecule has 8 nitrogen and oxygen atoms in total.